The van der Waals surface area contributed by atoms with Gasteiger partial charge in [-0.15, -0.1) is 0 Å². The third-order valence-corrected chi connectivity index (χ3v) is 2.40. The molecule has 0 aromatic carbocycles. The van der Waals surface area contributed by atoms with Crippen molar-refractivity contribution in [2.45, 2.75) is 18.1 Å². The fourth-order valence-corrected chi connectivity index (χ4v) is 1.60. The van der Waals surface area contributed by atoms with Gasteiger partial charge in [0.2, 0.25) is 0 Å². The van der Waals surface area contributed by atoms with Gasteiger partial charge in [-0.2, -0.15) is 0 Å². The Morgan fingerprint density at radius 1 is 1.60 bits per heavy atom. The molecule has 2 aliphatic rings. The summed E-state index contributed by atoms with van der Waals surface area (Å²) in [5.74, 6) is 0. The molecular formula is C7H13NO2. The molecule has 0 radical (unpaired) electrons. The van der Waals surface area contributed by atoms with Gasteiger partial charge in [-0.3, -0.25) is 0 Å². The molecule has 0 aromatic heterocycles. The number of rotatable bonds is 1. The van der Waals surface area contributed by atoms with Crippen LogP contribution in [0.4, 0.5) is 0 Å². The highest BCUT2D eigenvalue weighted by Crippen LogP contribution is 2.30. The van der Waals surface area contributed by atoms with E-state index in [9.17, 15) is 0 Å². The Morgan fingerprint density at radius 3 is 2.70 bits per heavy atom. The van der Waals surface area contributed by atoms with Crippen molar-refractivity contribution in [3.63, 3.8) is 0 Å². The first-order chi connectivity index (χ1) is 4.85. The van der Waals surface area contributed by atoms with Crippen LogP contribution in [-0.4, -0.2) is 38.5 Å². The van der Waals surface area contributed by atoms with Crippen LogP contribution >= 0.6 is 0 Å². The van der Waals surface area contributed by atoms with E-state index in [1.807, 2.05) is 0 Å². The average molecular weight is 143 g/mol. The maximum absolute atomic E-state index is 5.59. The fraction of sp³-hybridized carbons (Fsp3) is 1.00. The van der Waals surface area contributed by atoms with Gasteiger partial charge >= 0.3 is 0 Å². The highest BCUT2D eigenvalue weighted by atomic mass is 16.6. The fourth-order valence-electron chi connectivity index (χ4n) is 1.60. The second-order valence-corrected chi connectivity index (χ2v) is 3.16. The summed E-state index contributed by atoms with van der Waals surface area (Å²) in [7, 11) is 1.75. The van der Waals surface area contributed by atoms with Gasteiger partial charge in [0.05, 0.1) is 18.3 Å². The van der Waals surface area contributed by atoms with Crippen molar-refractivity contribution in [3.05, 3.63) is 0 Å². The smallest absolute Gasteiger partial charge is 0.0956 e. The number of methoxy groups -OCH3 is 1. The molecule has 3 nitrogen and oxygen atoms in total. The van der Waals surface area contributed by atoms with E-state index in [2.05, 4.69) is 5.32 Å². The first kappa shape index (κ1) is 6.58. The van der Waals surface area contributed by atoms with Gasteiger partial charge in [-0.05, 0) is 0 Å². The van der Waals surface area contributed by atoms with Gasteiger partial charge in [0.25, 0.3) is 0 Å². The highest BCUT2D eigenvalue weighted by Gasteiger charge is 2.45. The van der Waals surface area contributed by atoms with E-state index in [1.54, 1.807) is 7.11 Å². The Labute approximate surface area is 60.7 Å². The zero-order valence-electron chi connectivity index (χ0n) is 6.22. The number of ether oxygens (including phenoxy) is 2. The Balaban J connectivity index is 1.92. The molecule has 1 atom stereocenters. The lowest BCUT2D eigenvalue weighted by Crippen LogP contribution is -2.59. The number of nitrogens with one attached hydrogen (secondary N) is 1. The predicted molar refractivity (Wildman–Crippen MR) is 37.0 cm³/mol. The molecule has 58 valence electrons. The lowest BCUT2D eigenvalue weighted by Gasteiger charge is -2.37. The van der Waals surface area contributed by atoms with E-state index in [0.717, 1.165) is 26.1 Å². The van der Waals surface area contributed by atoms with Crippen LogP contribution in [0, 0.1) is 0 Å². The average Bonchev–Trinajstić information content (AvgIpc) is 2.29. The summed E-state index contributed by atoms with van der Waals surface area (Å²) in [6.07, 6.45) is 1.40. The van der Waals surface area contributed by atoms with Crippen LogP contribution in [0.2, 0.25) is 0 Å². The first-order valence-electron chi connectivity index (χ1n) is 3.72. The molecule has 2 heterocycles. The van der Waals surface area contributed by atoms with Gasteiger partial charge in [-0.25, -0.2) is 0 Å². The minimum absolute atomic E-state index is 0.153. The Morgan fingerprint density at radius 2 is 2.40 bits per heavy atom. The minimum Gasteiger partial charge on any atom is -0.379 e. The quantitative estimate of drug-likeness (QED) is 0.549. The molecule has 0 bridgehead atoms. The van der Waals surface area contributed by atoms with Gasteiger partial charge < -0.3 is 14.8 Å². The maximum atomic E-state index is 5.59. The van der Waals surface area contributed by atoms with Crippen LogP contribution in [0.25, 0.3) is 0 Å². The summed E-state index contributed by atoms with van der Waals surface area (Å²) in [5, 5.41) is 3.21. The molecule has 2 saturated heterocycles. The molecule has 2 rings (SSSR count). The largest absolute Gasteiger partial charge is 0.379 e. The molecule has 0 amide bonds. The first-order valence-corrected chi connectivity index (χ1v) is 3.72. The third-order valence-electron chi connectivity index (χ3n) is 2.40. The molecule has 1 spiro atoms. The molecule has 2 fully saturated rings. The Kier molecular flexibility index (Phi) is 1.44. The van der Waals surface area contributed by atoms with E-state index < -0.39 is 0 Å². The Bertz CT molecular complexity index is 134. The maximum Gasteiger partial charge on any atom is 0.0956 e. The zero-order valence-corrected chi connectivity index (χ0v) is 6.22. The van der Waals surface area contributed by atoms with Crippen LogP contribution in [0.15, 0.2) is 0 Å². The van der Waals surface area contributed by atoms with Crippen molar-refractivity contribution < 1.29 is 9.47 Å². The molecule has 0 unspecified atom stereocenters. The Hall–Kier alpha value is -0.120. The van der Waals surface area contributed by atoms with Crippen LogP contribution in [0.1, 0.15) is 6.42 Å². The topological polar surface area (TPSA) is 30.5 Å². The monoisotopic (exact) mass is 143 g/mol. The zero-order chi connectivity index (χ0) is 7.03. The van der Waals surface area contributed by atoms with Crippen LogP contribution in [0.5, 0.6) is 0 Å². The van der Waals surface area contributed by atoms with Crippen molar-refractivity contribution in [2.75, 3.05) is 26.8 Å². The molecule has 0 saturated carbocycles. The van der Waals surface area contributed by atoms with Crippen molar-refractivity contribution in [1.29, 1.82) is 0 Å². The van der Waals surface area contributed by atoms with Crippen molar-refractivity contribution >= 4 is 0 Å². The molecule has 0 aliphatic carbocycles. The normalized spacial score (nSPS) is 36.3. The van der Waals surface area contributed by atoms with E-state index >= 15 is 0 Å². The summed E-state index contributed by atoms with van der Waals surface area (Å²) in [6.45, 7) is 2.79. The van der Waals surface area contributed by atoms with Crippen molar-refractivity contribution in [3.8, 4) is 0 Å². The van der Waals surface area contributed by atoms with Crippen molar-refractivity contribution in [2.24, 2.45) is 0 Å². The second kappa shape index (κ2) is 2.19. The highest BCUT2D eigenvalue weighted by molar-refractivity contribution is 5.00. The molecule has 10 heavy (non-hydrogen) atoms. The van der Waals surface area contributed by atoms with E-state index in [0.29, 0.717) is 6.10 Å². The third kappa shape index (κ3) is 0.856. The second-order valence-electron chi connectivity index (χ2n) is 3.16. The predicted octanol–water partition coefficient (Wildman–Crippen LogP) is -0.236. The standard InChI is InChI=1S/C7H13NO2/c1-9-6-2-7(10-3-6)4-8-5-7/h6,8H,2-5H2,1H3/t6-/m1/s1. The van der Waals surface area contributed by atoms with Gasteiger partial charge in [0.1, 0.15) is 0 Å². The minimum atomic E-state index is 0.153. The SMILES string of the molecule is CO[C@H]1COC2(CNC2)C1. The lowest BCUT2D eigenvalue weighted by molar-refractivity contribution is -0.0376. The van der Waals surface area contributed by atoms with E-state index in [4.69, 9.17) is 9.47 Å². The summed E-state index contributed by atoms with van der Waals surface area (Å²) < 4.78 is 10.8. The van der Waals surface area contributed by atoms with E-state index in [-0.39, 0.29) is 5.60 Å². The van der Waals surface area contributed by atoms with Gasteiger partial charge in [0, 0.05) is 26.6 Å². The molecule has 0 aromatic rings. The number of hydrogen-bond donors (Lipinski definition) is 1. The summed E-state index contributed by atoms with van der Waals surface area (Å²) in [4.78, 5) is 0. The summed E-state index contributed by atoms with van der Waals surface area (Å²) in [6, 6.07) is 0. The van der Waals surface area contributed by atoms with Crippen LogP contribution in [0.3, 0.4) is 0 Å². The van der Waals surface area contributed by atoms with Crippen LogP contribution in [-0.2, 0) is 9.47 Å². The van der Waals surface area contributed by atoms with Crippen molar-refractivity contribution in [1.82, 2.24) is 5.32 Å². The van der Waals surface area contributed by atoms with Gasteiger partial charge in [-0.1, -0.05) is 0 Å². The lowest BCUT2D eigenvalue weighted by atomic mass is 9.93. The van der Waals surface area contributed by atoms with Gasteiger partial charge in [0.15, 0.2) is 0 Å². The summed E-state index contributed by atoms with van der Waals surface area (Å²) >= 11 is 0. The molecule has 1 N–H and O–H groups in total. The molecule has 3 heteroatoms. The number of hydrogen-bond acceptors (Lipinski definition) is 3. The summed E-state index contributed by atoms with van der Waals surface area (Å²) in [5.41, 5.74) is 0.153. The van der Waals surface area contributed by atoms with E-state index in [1.165, 1.54) is 0 Å². The van der Waals surface area contributed by atoms with Crippen LogP contribution < -0.4 is 5.32 Å². The molecular weight excluding hydrogens is 130 g/mol. The molecule has 2 aliphatic heterocycles.